The zero-order chi connectivity index (χ0) is 16.1. The largest absolute Gasteiger partial charge is 0.469 e. The SMILES string of the molecule is COC(=O)C1C(C)=CC(=O)CC1CCCc1ccc(C)cc1. The van der Waals surface area contributed by atoms with Crippen molar-refractivity contribution in [3.05, 3.63) is 47.0 Å². The van der Waals surface area contributed by atoms with Crippen molar-refractivity contribution >= 4 is 11.8 Å². The van der Waals surface area contributed by atoms with Gasteiger partial charge in [0.05, 0.1) is 13.0 Å². The fourth-order valence-corrected chi connectivity index (χ4v) is 3.25. The van der Waals surface area contributed by atoms with Crippen molar-refractivity contribution in [1.29, 1.82) is 0 Å². The maximum atomic E-state index is 12.0. The first-order valence-electron chi connectivity index (χ1n) is 7.85. The third-order valence-corrected chi connectivity index (χ3v) is 4.43. The lowest BCUT2D eigenvalue weighted by Crippen LogP contribution is -2.31. The van der Waals surface area contributed by atoms with Gasteiger partial charge in [-0.25, -0.2) is 0 Å². The number of allylic oxidation sites excluding steroid dienone is 1. The van der Waals surface area contributed by atoms with Crippen LogP contribution < -0.4 is 0 Å². The Morgan fingerprint density at radius 1 is 1.23 bits per heavy atom. The van der Waals surface area contributed by atoms with E-state index >= 15 is 0 Å². The highest BCUT2D eigenvalue weighted by molar-refractivity contribution is 5.94. The number of benzene rings is 1. The van der Waals surface area contributed by atoms with E-state index in [0.717, 1.165) is 24.8 Å². The Labute approximate surface area is 132 Å². The Hall–Kier alpha value is -1.90. The van der Waals surface area contributed by atoms with Gasteiger partial charge in [0.2, 0.25) is 0 Å². The van der Waals surface area contributed by atoms with Crippen LogP contribution in [0.5, 0.6) is 0 Å². The quantitative estimate of drug-likeness (QED) is 0.780. The molecule has 0 aromatic heterocycles. The molecule has 0 aliphatic heterocycles. The zero-order valence-electron chi connectivity index (χ0n) is 13.6. The Morgan fingerprint density at radius 3 is 2.55 bits per heavy atom. The van der Waals surface area contributed by atoms with Crippen molar-refractivity contribution < 1.29 is 14.3 Å². The lowest BCUT2D eigenvalue weighted by atomic mass is 9.76. The van der Waals surface area contributed by atoms with Crippen LogP contribution in [-0.2, 0) is 20.7 Å². The minimum absolute atomic E-state index is 0.0652. The van der Waals surface area contributed by atoms with Crippen molar-refractivity contribution in [2.75, 3.05) is 7.11 Å². The first kappa shape index (κ1) is 16.5. The van der Waals surface area contributed by atoms with Crippen molar-refractivity contribution in [3.8, 4) is 0 Å². The van der Waals surface area contributed by atoms with Gasteiger partial charge in [0.1, 0.15) is 0 Å². The van der Waals surface area contributed by atoms with Crippen LogP contribution in [0, 0.1) is 18.8 Å². The molecule has 2 unspecified atom stereocenters. The summed E-state index contributed by atoms with van der Waals surface area (Å²) in [6.45, 7) is 3.93. The molecule has 1 aromatic carbocycles. The van der Waals surface area contributed by atoms with Gasteiger partial charge in [0.15, 0.2) is 5.78 Å². The molecule has 0 spiro atoms. The van der Waals surface area contributed by atoms with Gasteiger partial charge in [-0.3, -0.25) is 9.59 Å². The number of carbonyl (C=O) groups is 2. The van der Waals surface area contributed by atoms with Gasteiger partial charge >= 0.3 is 5.97 Å². The summed E-state index contributed by atoms with van der Waals surface area (Å²) in [5, 5.41) is 0. The third-order valence-electron chi connectivity index (χ3n) is 4.43. The second-order valence-corrected chi connectivity index (χ2v) is 6.20. The Morgan fingerprint density at radius 2 is 1.91 bits per heavy atom. The first-order valence-corrected chi connectivity index (χ1v) is 7.85. The molecule has 0 saturated heterocycles. The molecule has 2 rings (SSSR count). The summed E-state index contributed by atoms with van der Waals surface area (Å²) in [5.41, 5.74) is 3.39. The lowest BCUT2D eigenvalue weighted by molar-refractivity contribution is -0.146. The molecule has 118 valence electrons. The van der Waals surface area contributed by atoms with Gasteiger partial charge < -0.3 is 4.74 Å². The molecule has 2 atom stereocenters. The topological polar surface area (TPSA) is 43.4 Å². The molecule has 1 aliphatic carbocycles. The molecule has 0 saturated carbocycles. The second kappa shape index (κ2) is 7.39. The molecular formula is C19H24O3. The summed E-state index contributed by atoms with van der Waals surface area (Å²) in [5.74, 6) is -0.296. The molecule has 22 heavy (non-hydrogen) atoms. The minimum Gasteiger partial charge on any atom is -0.469 e. The second-order valence-electron chi connectivity index (χ2n) is 6.20. The Balaban J connectivity index is 1.97. The van der Waals surface area contributed by atoms with Crippen LogP contribution in [0.3, 0.4) is 0 Å². The fraction of sp³-hybridized carbons (Fsp3) is 0.474. The zero-order valence-corrected chi connectivity index (χ0v) is 13.6. The van der Waals surface area contributed by atoms with Gasteiger partial charge in [-0.15, -0.1) is 0 Å². The number of ether oxygens (including phenoxy) is 1. The normalized spacial score (nSPS) is 21.4. The van der Waals surface area contributed by atoms with E-state index in [0.29, 0.717) is 6.42 Å². The standard InChI is InChI=1S/C19H24O3/c1-13-7-9-15(10-8-13)5-4-6-16-12-17(20)11-14(2)18(16)19(21)22-3/h7-11,16,18H,4-6,12H2,1-3H3. The molecule has 0 N–H and O–H groups in total. The van der Waals surface area contributed by atoms with E-state index < -0.39 is 0 Å². The summed E-state index contributed by atoms with van der Waals surface area (Å²) >= 11 is 0. The van der Waals surface area contributed by atoms with Crippen molar-refractivity contribution in [3.63, 3.8) is 0 Å². The number of hydrogen-bond acceptors (Lipinski definition) is 3. The first-order chi connectivity index (χ1) is 10.5. The molecule has 0 bridgehead atoms. The molecule has 0 amide bonds. The molecule has 1 aliphatic rings. The van der Waals surface area contributed by atoms with Crippen LogP contribution in [-0.4, -0.2) is 18.9 Å². The molecule has 3 heteroatoms. The number of aryl methyl sites for hydroxylation is 2. The number of esters is 1. The van der Waals surface area contributed by atoms with E-state index in [1.54, 1.807) is 6.08 Å². The van der Waals surface area contributed by atoms with Crippen LogP contribution in [0.25, 0.3) is 0 Å². The van der Waals surface area contributed by atoms with Gasteiger partial charge in [0, 0.05) is 6.42 Å². The maximum absolute atomic E-state index is 12.0. The third kappa shape index (κ3) is 4.06. The maximum Gasteiger partial charge on any atom is 0.313 e. The fourth-order valence-electron chi connectivity index (χ4n) is 3.25. The summed E-state index contributed by atoms with van der Waals surface area (Å²) < 4.78 is 4.91. The van der Waals surface area contributed by atoms with Crippen LogP contribution >= 0.6 is 0 Å². The van der Waals surface area contributed by atoms with Crippen molar-refractivity contribution in [2.24, 2.45) is 11.8 Å². The predicted molar refractivity (Wildman–Crippen MR) is 86.5 cm³/mol. The smallest absolute Gasteiger partial charge is 0.313 e. The van der Waals surface area contributed by atoms with E-state index in [2.05, 4.69) is 31.2 Å². The number of methoxy groups -OCH3 is 1. The van der Waals surface area contributed by atoms with Crippen LogP contribution in [0.2, 0.25) is 0 Å². The van der Waals surface area contributed by atoms with E-state index in [1.807, 2.05) is 6.92 Å². The van der Waals surface area contributed by atoms with E-state index in [9.17, 15) is 9.59 Å². The molecule has 0 radical (unpaired) electrons. The monoisotopic (exact) mass is 300 g/mol. The van der Waals surface area contributed by atoms with Crippen LogP contribution in [0.4, 0.5) is 0 Å². The summed E-state index contributed by atoms with van der Waals surface area (Å²) in [6, 6.07) is 8.52. The highest BCUT2D eigenvalue weighted by Gasteiger charge is 2.34. The van der Waals surface area contributed by atoms with Gasteiger partial charge in [-0.05, 0) is 50.7 Å². The molecule has 1 aromatic rings. The van der Waals surface area contributed by atoms with Gasteiger partial charge in [-0.1, -0.05) is 35.4 Å². The average molecular weight is 300 g/mol. The van der Waals surface area contributed by atoms with Gasteiger partial charge in [0.25, 0.3) is 0 Å². The molecule has 0 fully saturated rings. The number of carbonyl (C=O) groups excluding carboxylic acids is 2. The number of hydrogen-bond donors (Lipinski definition) is 0. The lowest BCUT2D eigenvalue weighted by Gasteiger charge is -2.28. The molecule has 0 heterocycles. The Bertz CT molecular complexity index is 569. The van der Waals surface area contributed by atoms with E-state index in [1.165, 1.54) is 18.2 Å². The average Bonchev–Trinajstić information content (AvgIpc) is 2.48. The van der Waals surface area contributed by atoms with Gasteiger partial charge in [-0.2, -0.15) is 0 Å². The minimum atomic E-state index is -0.263. The predicted octanol–water partition coefficient (Wildman–Crippen LogP) is 3.64. The summed E-state index contributed by atoms with van der Waals surface area (Å²) in [4.78, 5) is 23.8. The van der Waals surface area contributed by atoms with Crippen LogP contribution in [0.15, 0.2) is 35.9 Å². The van der Waals surface area contributed by atoms with E-state index in [4.69, 9.17) is 4.74 Å². The highest BCUT2D eigenvalue weighted by atomic mass is 16.5. The number of ketones is 1. The van der Waals surface area contributed by atoms with Crippen LogP contribution in [0.1, 0.15) is 37.3 Å². The Kier molecular flexibility index (Phi) is 5.53. The molecule has 3 nitrogen and oxygen atoms in total. The van der Waals surface area contributed by atoms with Crippen molar-refractivity contribution in [2.45, 2.75) is 39.5 Å². The van der Waals surface area contributed by atoms with Crippen molar-refractivity contribution in [1.82, 2.24) is 0 Å². The highest BCUT2D eigenvalue weighted by Crippen LogP contribution is 2.33. The summed E-state index contributed by atoms with van der Waals surface area (Å²) in [7, 11) is 1.41. The summed E-state index contributed by atoms with van der Waals surface area (Å²) in [6.07, 6.45) is 4.86. The van der Waals surface area contributed by atoms with E-state index in [-0.39, 0.29) is 23.6 Å². The number of rotatable bonds is 5. The molecular weight excluding hydrogens is 276 g/mol.